The number of para-hydroxylation sites is 1. The Balaban J connectivity index is 1.53. The van der Waals surface area contributed by atoms with E-state index in [1.165, 1.54) is 11.1 Å². The monoisotopic (exact) mass is 382 g/mol. The van der Waals surface area contributed by atoms with Gasteiger partial charge in [-0.3, -0.25) is 10.2 Å². The number of benzene rings is 2. The van der Waals surface area contributed by atoms with E-state index in [4.69, 9.17) is 14.9 Å². The lowest BCUT2D eigenvalue weighted by Crippen LogP contribution is -2.18. The average molecular weight is 382 g/mol. The summed E-state index contributed by atoms with van der Waals surface area (Å²) < 4.78 is 11.7. The van der Waals surface area contributed by atoms with E-state index in [-0.39, 0.29) is 11.1 Å². The van der Waals surface area contributed by atoms with Gasteiger partial charge in [0.15, 0.2) is 5.17 Å². The molecule has 0 bridgehead atoms. The smallest absolute Gasteiger partial charge is 0.264 e. The summed E-state index contributed by atoms with van der Waals surface area (Å²) in [6.45, 7) is 5.19. The van der Waals surface area contributed by atoms with Crippen LogP contribution in [0.5, 0.6) is 11.5 Å². The molecular weight excluding hydrogens is 360 g/mol. The minimum absolute atomic E-state index is 0.146. The van der Waals surface area contributed by atoms with Gasteiger partial charge in [0.25, 0.3) is 5.91 Å². The van der Waals surface area contributed by atoms with Crippen molar-refractivity contribution in [1.29, 1.82) is 5.41 Å². The molecule has 1 aliphatic rings. The SMILES string of the molecule is Cc1cc(C)cc(OCCCOc2ccccc2C=C2SC(=N)NC2=O)c1. The van der Waals surface area contributed by atoms with E-state index in [1.54, 1.807) is 6.08 Å². The fourth-order valence-electron chi connectivity index (χ4n) is 2.76. The lowest BCUT2D eigenvalue weighted by Gasteiger charge is -2.11. The van der Waals surface area contributed by atoms with Gasteiger partial charge in [-0.15, -0.1) is 0 Å². The average Bonchev–Trinajstić information content (AvgIpc) is 2.92. The van der Waals surface area contributed by atoms with Gasteiger partial charge in [0.1, 0.15) is 11.5 Å². The molecule has 0 spiro atoms. The molecule has 1 fully saturated rings. The fraction of sp³-hybridized carbons (Fsp3) is 0.238. The van der Waals surface area contributed by atoms with Crippen molar-refractivity contribution in [2.75, 3.05) is 13.2 Å². The number of thioether (sulfide) groups is 1. The van der Waals surface area contributed by atoms with Gasteiger partial charge < -0.3 is 14.8 Å². The molecule has 3 rings (SSSR count). The van der Waals surface area contributed by atoms with Gasteiger partial charge in [0, 0.05) is 12.0 Å². The number of hydrogen-bond acceptors (Lipinski definition) is 5. The maximum Gasteiger partial charge on any atom is 0.264 e. The van der Waals surface area contributed by atoms with Crippen molar-refractivity contribution < 1.29 is 14.3 Å². The van der Waals surface area contributed by atoms with Crippen molar-refractivity contribution in [2.45, 2.75) is 20.3 Å². The molecule has 2 aromatic carbocycles. The van der Waals surface area contributed by atoms with Crippen LogP contribution in [0.3, 0.4) is 0 Å². The van der Waals surface area contributed by atoms with Crippen LogP contribution in [0.4, 0.5) is 0 Å². The molecule has 0 aliphatic carbocycles. The van der Waals surface area contributed by atoms with Gasteiger partial charge in [-0.25, -0.2) is 0 Å². The molecule has 0 saturated carbocycles. The molecule has 27 heavy (non-hydrogen) atoms. The van der Waals surface area contributed by atoms with Crippen LogP contribution in [0.25, 0.3) is 6.08 Å². The maximum absolute atomic E-state index is 11.8. The molecule has 0 unspecified atom stereocenters. The zero-order chi connectivity index (χ0) is 19.2. The number of rotatable bonds is 7. The van der Waals surface area contributed by atoms with Crippen LogP contribution < -0.4 is 14.8 Å². The highest BCUT2D eigenvalue weighted by Gasteiger charge is 2.22. The van der Waals surface area contributed by atoms with Gasteiger partial charge in [0.2, 0.25) is 0 Å². The summed E-state index contributed by atoms with van der Waals surface area (Å²) in [7, 11) is 0. The lowest BCUT2D eigenvalue weighted by molar-refractivity contribution is -0.115. The highest BCUT2D eigenvalue weighted by atomic mass is 32.2. The Labute approximate surface area is 163 Å². The summed E-state index contributed by atoms with van der Waals surface area (Å²) >= 11 is 1.12. The molecule has 5 nitrogen and oxygen atoms in total. The number of aryl methyl sites for hydroxylation is 2. The van der Waals surface area contributed by atoms with E-state index in [1.807, 2.05) is 36.4 Å². The van der Waals surface area contributed by atoms with Crippen molar-refractivity contribution in [1.82, 2.24) is 5.32 Å². The lowest BCUT2D eigenvalue weighted by atomic mass is 10.1. The number of carbonyl (C=O) groups is 1. The normalized spacial score (nSPS) is 15.1. The van der Waals surface area contributed by atoms with Crippen molar-refractivity contribution in [3.05, 3.63) is 64.1 Å². The molecule has 1 saturated heterocycles. The van der Waals surface area contributed by atoms with Gasteiger partial charge in [0.05, 0.1) is 18.1 Å². The van der Waals surface area contributed by atoms with Crippen molar-refractivity contribution >= 4 is 28.9 Å². The van der Waals surface area contributed by atoms with Crippen LogP contribution in [-0.4, -0.2) is 24.3 Å². The van der Waals surface area contributed by atoms with Crippen molar-refractivity contribution in [3.8, 4) is 11.5 Å². The number of hydrogen-bond donors (Lipinski definition) is 2. The summed E-state index contributed by atoms with van der Waals surface area (Å²) in [5, 5.41) is 10.1. The van der Waals surface area contributed by atoms with E-state index in [0.29, 0.717) is 23.9 Å². The fourth-order valence-corrected chi connectivity index (χ4v) is 3.45. The topological polar surface area (TPSA) is 71.4 Å². The zero-order valence-corrected chi connectivity index (χ0v) is 16.2. The van der Waals surface area contributed by atoms with E-state index in [9.17, 15) is 4.79 Å². The van der Waals surface area contributed by atoms with E-state index in [2.05, 4.69) is 25.2 Å². The quantitative estimate of drug-likeness (QED) is 0.553. The van der Waals surface area contributed by atoms with Gasteiger partial charge in [-0.2, -0.15) is 0 Å². The molecule has 1 aliphatic heterocycles. The first-order valence-corrected chi connectivity index (χ1v) is 9.55. The molecule has 6 heteroatoms. The molecule has 0 aromatic heterocycles. The number of nitrogens with one attached hydrogen (secondary N) is 2. The second-order valence-corrected chi connectivity index (χ2v) is 7.36. The molecule has 1 amide bonds. The second-order valence-electron chi connectivity index (χ2n) is 6.31. The van der Waals surface area contributed by atoms with Gasteiger partial charge in [-0.05, 0) is 61.0 Å². The van der Waals surface area contributed by atoms with Crippen LogP contribution in [0, 0.1) is 19.3 Å². The number of amides is 1. The molecule has 1 heterocycles. The van der Waals surface area contributed by atoms with Crippen LogP contribution >= 0.6 is 11.8 Å². The number of carbonyl (C=O) groups excluding carboxylic acids is 1. The Morgan fingerprint density at radius 3 is 2.48 bits per heavy atom. The van der Waals surface area contributed by atoms with E-state index >= 15 is 0 Å². The van der Waals surface area contributed by atoms with Crippen LogP contribution in [0.2, 0.25) is 0 Å². The van der Waals surface area contributed by atoms with Crippen LogP contribution in [0.15, 0.2) is 47.4 Å². The Hall–Kier alpha value is -2.73. The first kappa shape index (κ1) is 19.0. The summed E-state index contributed by atoms with van der Waals surface area (Å²) in [6, 6.07) is 13.7. The Bertz CT molecular complexity index is 872. The van der Waals surface area contributed by atoms with Crippen LogP contribution in [-0.2, 0) is 4.79 Å². The Kier molecular flexibility index (Phi) is 6.19. The third kappa shape index (κ3) is 5.37. The summed E-state index contributed by atoms with van der Waals surface area (Å²) in [5.41, 5.74) is 3.19. The minimum Gasteiger partial charge on any atom is -0.493 e. The minimum atomic E-state index is -0.248. The molecular formula is C21H22N2O3S. The van der Waals surface area contributed by atoms with E-state index < -0.39 is 0 Å². The van der Waals surface area contributed by atoms with E-state index in [0.717, 1.165) is 29.5 Å². The molecule has 2 aromatic rings. The van der Waals surface area contributed by atoms with Gasteiger partial charge >= 0.3 is 0 Å². The largest absolute Gasteiger partial charge is 0.493 e. The molecule has 140 valence electrons. The highest BCUT2D eigenvalue weighted by molar-refractivity contribution is 8.18. The standard InChI is InChI=1S/C21H22N2O3S/c1-14-10-15(2)12-17(11-14)25-8-5-9-26-18-7-4-3-6-16(18)13-19-20(24)23-21(22)27-19/h3-4,6-7,10-13H,5,8-9H2,1-2H3,(H2,22,23,24). The van der Waals surface area contributed by atoms with Crippen molar-refractivity contribution in [3.63, 3.8) is 0 Å². The first-order chi connectivity index (χ1) is 13.0. The van der Waals surface area contributed by atoms with Crippen molar-refractivity contribution in [2.24, 2.45) is 0 Å². The summed E-state index contributed by atoms with van der Waals surface area (Å²) in [5.74, 6) is 1.34. The summed E-state index contributed by atoms with van der Waals surface area (Å²) in [6.07, 6.45) is 2.50. The maximum atomic E-state index is 11.8. The third-order valence-corrected chi connectivity index (χ3v) is 4.71. The Morgan fingerprint density at radius 2 is 1.78 bits per heavy atom. The highest BCUT2D eigenvalue weighted by Crippen LogP contribution is 2.28. The predicted molar refractivity (Wildman–Crippen MR) is 109 cm³/mol. The second kappa shape index (κ2) is 8.77. The summed E-state index contributed by atoms with van der Waals surface area (Å²) in [4.78, 5) is 12.3. The number of ether oxygens (including phenoxy) is 2. The van der Waals surface area contributed by atoms with Gasteiger partial charge in [-0.1, -0.05) is 24.3 Å². The number of amidine groups is 1. The molecule has 0 radical (unpaired) electrons. The van der Waals surface area contributed by atoms with Crippen LogP contribution in [0.1, 0.15) is 23.1 Å². The predicted octanol–water partition coefficient (Wildman–Crippen LogP) is 4.29. The third-order valence-electron chi connectivity index (χ3n) is 3.88. The first-order valence-electron chi connectivity index (χ1n) is 8.73. The zero-order valence-electron chi connectivity index (χ0n) is 15.4. The Morgan fingerprint density at radius 1 is 1.07 bits per heavy atom. The molecule has 2 N–H and O–H groups in total. The molecule has 0 atom stereocenters.